The minimum Gasteiger partial charge on any atom is -0.496 e. The molecule has 0 saturated heterocycles. The van der Waals surface area contributed by atoms with E-state index >= 15 is 0 Å². The van der Waals surface area contributed by atoms with Crippen LogP contribution >= 0.6 is 0 Å². The van der Waals surface area contributed by atoms with Crippen molar-refractivity contribution in [2.75, 3.05) is 12.0 Å². The number of fused-ring (bicyclic) bond motifs is 2. The van der Waals surface area contributed by atoms with Crippen molar-refractivity contribution in [2.24, 2.45) is 0 Å². The third-order valence-corrected chi connectivity index (χ3v) is 4.61. The summed E-state index contributed by atoms with van der Waals surface area (Å²) in [5.74, 6) is -0.365. The Labute approximate surface area is 149 Å². The number of nitrogens with zero attached hydrogens (tertiary/aromatic N) is 1. The molecule has 1 heterocycles. The summed E-state index contributed by atoms with van der Waals surface area (Å²) in [4.78, 5) is 38.9. The molecule has 0 aromatic heterocycles. The number of carbonyl (C=O) groups is 3. The monoisotopic (exact) mass is 345 g/mol. The summed E-state index contributed by atoms with van der Waals surface area (Å²) in [6, 6.07) is 15.3. The van der Waals surface area contributed by atoms with Gasteiger partial charge in [-0.05, 0) is 42.6 Å². The Morgan fingerprint density at radius 2 is 1.54 bits per heavy atom. The lowest BCUT2D eigenvalue weighted by atomic mass is 9.99. The summed E-state index contributed by atoms with van der Waals surface area (Å²) in [6.07, 6.45) is 0. The van der Waals surface area contributed by atoms with Gasteiger partial charge in [0.15, 0.2) is 5.78 Å². The van der Waals surface area contributed by atoms with Crippen LogP contribution in [0.4, 0.5) is 5.69 Å². The minimum absolute atomic E-state index is 0.0998. The quantitative estimate of drug-likeness (QED) is 0.534. The highest BCUT2D eigenvalue weighted by molar-refractivity contribution is 6.36. The number of imide groups is 1. The van der Waals surface area contributed by atoms with Crippen LogP contribution in [-0.2, 0) is 0 Å². The lowest BCUT2D eigenvalue weighted by Crippen LogP contribution is -2.29. The van der Waals surface area contributed by atoms with E-state index in [1.807, 2.05) is 0 Å². The van der Waals surface area contributed by atoms with Gasteiger partial charge in [-0.2, -0.15) is 0 Å². The molecule has 3 aromatic carbocycles. The molecule has 1 aliphatic heterocycles. The molecule has 0 aliphatic carbocycles. The van der Waals surface area contributed by atoms with E-state index < -0.39 is 0 Å². The van der Waals surface area contributed by atoms with Crippen molar-refractivity contribution in [1.82, 2.24) is 0 Å². The van der Waals surface area contributed by atoms with Crippen molar-refractivity contribution in [3.05, 3.63) is 71.3 Å². The van der Waals surface area contributed by atoms with E-state index in [1.54, 1.807) is 54.6 Å². The number of Topliss-reactive ketones (excluding diaryl/α,β-unsaturated/α-hetero) is 1. The SMILES string of the molecule is COc1ccc(C(C)=O)c2cccc(N3C(=O)c4ccccc4C3=O)c12. The first-order valence-corrected chi connectivity index (χ1v) is 8.13. The highest BCUT2D eigenvalue weighted by atomic mass is 16.5. The Morgan fingerprint density at radius 1 is 0.885 bits per heavy atom. The number of ether oxygens (including phenoxy) is 1. The van der Waals surface area contributed by atoms with Crippen LogP contribution in [0.3, 0.4) is 0 Å². The van der Waals surface area contributed by atoms with Gasteiger partial charge in [0.05, 0.1) is 23.9 Å². The molecule has 4 rings (SSSR count). The fourth-order valence-electron chi connectivity index (χ4n) is 3.43. The van der Waals surface area contributed by atoms with Crippen LogP contribution in [0.1, 0.15) is 38.0 Å². The van der Waals surface area contributed by atoms with E-state index in [0.717, 1.165) is 4.90 Å². The number of methoxy groups -OCH3 is 1. The Hall–Kier alpha value is -3.47. The van der Waals surface area contributed by atoms with Gasteiger partial charge in [-0.15, -0.1) is 0 Å². The van der Waals surface area contributed by atoms with Crippen LogP contribution in [0, 0.1) is 0 Å². The Bertz CT molecular complexity index is 1070. The van der Waals surface area contributed by atoms with Gasteiger partial charge in [-0.1, -0.05) is 24.3 Å². The summed E-state index contributed by atoms with van der Waals surface area (Å²) in [6.45, 7) is 1.48. The zero-order chi connectivity index (χ0) is 18.4. The molecule has 1 aliphatic rings. The molecule has 128 valence electrons. The number of rotatable bonds is 3. The molecule has 0 unspecified atom stereocenters. The summed E-state index contributed by atoms with van der Waals surface area (Å²) >= 11 is 0. The summed E-state index contributed by atoms with van der Waals surface area (Å²) in [5.41, 5.74) is 1.67. The molecule has 5 heteroatoms. The van der Waals surface area contributed by atoms with E-state index in [1.165, 1.54) is 14.0 Å². The summed E-state index contributed by atoms with van der Waals surface area (Å²) in [7, 11) is 1.52. The molecule has 0 radical (unpaired) electrons. The number of anilines is 1. The number of hydrogen-bond donors (Lipinski definition) is 0. The molecular formula is C21H15NO4. The Kier molecular flexibility index (Phi) is 3.58. The van der Waals surface area contributed by atoms with Crippen LogP contribution < -0.4 is 9.64 Å². The van der Waals surface area contributed by atoms with Crippen LogP contribution in [0.5, 0.6) is 5.75 Å². The molecule has 3 aromatic rings. The van der Waals surface area contributed by atoms with E-state index in [9.17, 15) is 14.4 Å². The Morgan fingerprint density at radius 3 is 2.12 bits per heavy atom. The van der Waals surface area contributed by atoms with Crippen LogP contribution in [0.2, 0.25) is 0 Å². The fourth-order valence-corrected chi connectivity index (χ4v) is 3.43. The normalized spacial score (nSPS) is 13.2. The second-order valence-electron chi connectivity index (χ2n) is 6.06. The number of hydrogen-bond acceptors (Lipinski definition) is 4. The van der Waals surface area contributed by atoms with Gasteiger partial charge in [0.2, 0.25) is 0 Å². The number of amides is 2. The molecule has 0 N–H and O–H groups in total. The highest BCUT2D eigenvalue weighted by Gasteiger charge is 2.37. The average molecular weight is 345 g/mol. The van der Waals surface area contributed by atoms with Crippen molar-refractivity contribution >= 4 is 34.1 Å². The summed E-state index contributed by atoms with van der Waals surface area (Å²) in [5, 5.41) is 1.21. The average Bonchev–Trinajstić information content (AvgIpc) is 2.91. The predicted molar refractivity (Wildman–Crippen MR) is 98.1 cm³/mol. The van der Waals surface area contributed by atoms with Gasteiger partial charge in [0.1, 0.15) is 5.75 Å². The molecule has 0 spiro atoms. The van der Waals surface area contributed by atoms with Crippen LogP contribution in [0.15, 0.2) is 54.6 Å². The van der Waals surface area contributed by atoms with Crippen molar-refractivity contribution in [3.63, 3.8) is 0 Å². The standard InChI is InChI=1S/C21H15NO4/c1-12(23)13-10-11-18(26-2)19-14(13)8-5-9-17(19)22-20(24)15-6-3-4-7-16(15)21(22)25/h3-11H,1-2H3. The minimum atomic E-state index is -0.381. The molecule has 0 bridgehead atoms. The lowest BCUT2D eigenvalue weighted by Gasteiger charge is -2.19. The lowest BCUT2D eigenvalue weighted by molar-refractivity contribution is 0.0925. The number of benzene rings is 3. The predicted octanol–water partition coefficient (Wildman–Crippen LogP) is 3.85. The van der Waals surface area contributed by atoms with Crippen LogP contribution in [0.25, 0.3) is 10.8 Å². The number of carbonyl (C=O) groups excluding carboxylic acids is 3. The van der Waals surface area contributed by atoms with Crippen molar-refractivity contribution in [3.8, 4) is 5.75 Å². The van der Waals surface area contributed by atoms with Gasteiger partial charge in [-0.25, -0.2) is 4.90 Å². The molecule has 0 fully saturated rings. The maximum absolute atomic E-state index is 12.9. The number of ketones is 1. The first kappa shape index (κ1) is 16.0. The third kappa shape index (κ3) is 2.14. The first-order chi connectivity index (χ1) is 12.5. The zero-order valence-corrected chi connectivity index (χ0v) is 14.3. The topological polar surface area (TPSA) is 63.7 Å². The summed E-state index contributed by atoms with van der Waals surface area (Å²) < 4.78 is 5.45. The van der Waals surface area contributed by atoms with Gasteiger partial charge < -0.3 is 4.74 Å². The van der Waals surface area contributed by atoms with E-state index in [-0.39, 0.29) is 17.6 Å². The van der Waals surface area contributed by atoms with Crippen molar-refractivity contribution in [1.29, 1.82) is 0 Å². The zero-order valence-electron chi connectivity index (χ0n) is 14.3. The van der Waals surface area contributed by atoms with E-state index in [2.05, 4.69) is 0 Å². The van der Waals surface area contributed by atoms with Gasteiger partial charge in [-0.3, -0.25) is 14.4 Å². The van der Waals surface area contributed by atoms with Gasteiger partial charge >= 0.3 is 0 Å². The maximum atomic E-state index is 12.9. The maximum Gasteiger partial charge on any atom is 0.266 e. The fraction of sp³-hybridized carbons (Fsp3) is 0.0952. The van der Waals surface area contributed by atoms with Crippen LogP contribution in [-0.4, -0.2) is 24.7 Å². The molecular weight excluding hydrogens is 330 g/mol. The van der Waals surface area contributed by atoms with Gasteiger partial charge in [0, 0.05) is 10.9 Å². The first-order valence-electron chi connectivity index (χ1n) is 8.13. The smallest absolute Gasteiger partial charge is 0.266 e. The van der Waals surface area contributed by atoms with Crippen molar-refractivity contribution < 1.29 is 19.1 Å². The van der Waals surface area contributed by atoms with E-state index in [0.29, 0.717) is 38.9 Å². The largest absolute Gasteiger partial charge is 0.496 e. The third-order valence-electron chi connectivity index (χ3n) is 4.61. The molecule has 26 heavy (non-hydrogen) atoms. The molecule has 2 amide bonds. The second kappa shape index (κ2) is 5.81. The highest BCUT2D eigenvalue weighted by Crippen LogP contribution is 2.39. The molecule has 5 nitrogen and oxygen atoms in total. The van der Waals surface area contributed by atoms with Gasteiger partial charge in [0.25, 0.3) is 11.8 Å². The van der Waals surface area contributed by atoms with Crippen molar-refractivity contribution in [2.45, 2.75) is 6.92 Å². The van der Waals surface area contributed by atoms with E-state index in [4.69, 9.17) is 4.74 Å². The molecule has 0 saturated carbocycles. The molecule has 0 atom stereocenters. The second-order valence-corrected chi connectivity index (χ2v) is 6.06. The Balaban J connectivity index is 2.02.